The number of halogens is 2. The molecule has 156 valence electrons. The number of carbonyl (C=O) groups excluding carboxylic acids is 1. The van der Waals surface area contributed by atoms with E-state index in [4.69, 9.17) is 4.74 Å². The standard InChI is InChI=1S/C24H19BrFN3O2/c25-20-5-2-6-22(14-20)31-16-18-3-1-4-19(13-18)24(30)27-23-11-12-29(28-23)15-17-7-9-21(26)10-8-17/h1-14H,15-16H2,(H,27,28,30). The van der Waals surface area contributed by atoms with Crippen LogP contribution in [0.1, 0.15) is 21.5 Å². The molecule has 0 saturated carbocycles. The fraction of sp³-hybridized carbons (Fsp3) is 0.0833. The second-order valence-corrected chi connectivity index (χ2v) is 7.84. The highest BCUT2D eigenvalue weighted by Crippen LogP contribution is 2.19. The average Bonchev–Trinajstić information content (AvgIpc) is 3.21. The fourth-order valence-corrected chi connectivity index (χ4v) is 3.39. The Balaban J connectivity index is 1.37. The number of aromatic nitrogens is 2. The van der Waals surface area contributed by atoms with Gasteiger partial charge in [-0.3, -0.25) is 9.48 Å². The van der Waals surface area contributed by atoms with Gasteiger partial charge in [-0.2, -0.15) is 5.10 Å². The summed E-state index contributed by atoms with van der Waals surface area (Å²) in [5.41, 5.74) is 2.32. The maximum absolute atomic E-state index is 13.0. The molecule has 0 aliphatic rings. The number of anilines is 1. The molecule has 0 saturated heterocycles. The van der Waals surface area contributed by atoms with E-state index in [2.05, 4.69) is 26.3 Å². The highest BCUT2D eigenvalue weighted by atomic mass is 79.9. The molecule has 0 aliphatic carbocycles. The summed E-state index contributed by atoms with van der Waals surface area (Å²) in [5, 5.41) is 7.17. The first-order valence-electron chi connectivity index (χ1n) is 9.62. The van der Waals surface area contributed by atoms with Crippen LogP contribution in [-0.4, -0.2) is 15.7 Å². The van der Waals surface area contributed by atoms with Crippen LogP contribution in [0.5, 0.6) is 5.75 Å². The van der Waals surface area contributed by atoms with E-state index in [0.29, 0.717) is 24.5 Å². The molecule has 0 aliphatic heterocycles. The van der Waals surface area contributed by atoms with Crippen LogP contribution in [0.4, 0.5) is 10.2 Å². The molecular formula is C24H19BrFN3O2. The predicted octanol–water partition coefficient (Wildman–Crippen LogP) is 5.66. The summed E-state index contributed by atoms with van der Waals surface area (Å²) in [6, 6.07) is 22.8. The zero-order chi connectivity index (χ0) is 21.6. The molecule has 0 fully saturated rings. The smallest absolute Gasteiger partial charge is 0.256 e. The summed E-state index contributed by atoms with van der Waals surface area (Å²) in [4.78, 5) is 12.6. The molecule has 1 N–H and O–H groups in total. The molecule has 31 heavy (non-hydrogen) atoms. The van der Waals surface area contributed by atoms with Crippen molar-refractivity contribution in [2.24, 2.45) is 0 Å². The molecule has 4 rings (SSSR count). The van der Waals surface area contributed by atoms with Gasteiger partial charge in [-0.1, -0.05) is 46.3 Å². The number of rotatable bonds is 7. The monoisotopic (exact) mass is 479 g/mol. The van der Waals surface area contributed by atoms with Crippen LogP contribution in [-0.2, 0) is 13.2 Å². The molecule has 1 heterocycles. The third kappa shape index (κ3) is 5.79. The Hall–Kier alpha value is -3.45. The lowest BCUT2D eigenvalue weighted by molar-refractivity contribution is 0.102. The SMILES string of the molecule is O=C(Nc1ccn(Cc2ccc(F)cc2)n1)c1cccc(COc2cccc(Br)c2)c1. The van der Waals surface area contributed by atoms with Crippen LogP contribution in [0.15, 0.2) is 89.5 Å². The fourth-order valence-electron chi connectivity index (χ4n) is 3.01. The van der Waals surface area contributed by atoms with Crippen LogP contribution in [0.2, 0.25) is 0 Å². The summed E-state index contributed by atoms with van der Waals surface area (Å²) in [6.45, 7) is 0.836. The topological polar surface area (TPSA) is 56.2 Å². The van der Waals surface area contributed by atoms with E-state index in [-0.39, 0.29) is 11.7 Å². The first-order chi connectivity index (χ1) is 15.0. The van der Waals surface area contributed by atoms with Crippen molar-refractivity contribution in [3.8, 4) is 5.75 Å². The Kier molecular flexibility index (Phi) is 6.43. The summed E-state index contributed by atoms with van der Waals surface area (Å²) >= 11 is 3.42. The lowest BCUT2D eigenvalue weighted by Gasteiger charge is -2.08. The van der Waals surface area contributed by atoms with E-state index in [0.717, 1.165) is 21.3 Å². The molecule has 0 radical (unpaired) electrons. The molecule has 0 atom stereocenters. The van der Waals surface area contributed by atoms with Crippen molar-refractivity contribution in [1.82, 2.24) is 9.78 Å². The van der Waals surface area contributed by atoms with Gasteiger partial charge in [0.2, 0.25) is 0 Å². The van der Waals surface area contributed by atoms with Crippen molar-refractivity contribution in [2.45, 2.75) is 13.2 Å². The second kappa shape index (κ2) is 9.57. The number of amides is 1. The summed E-state index contributed by atoms with van der Waals surface area (Å²) in [7, 11) is 0. The van der Waals surface area contributed by atoms with Crippen LogP contribution < -0.4 is 10.1 Å². The number of carbonyl (C=O) groups is 1. The van der Waals surface area contributed by atoms with Gasteiger partial charge in [0, 0.05) is 22.3 Å². The predicted molar refractivity (Wildman–Crippen MR) is 121 cm³/mol. The highest BCUT2D eigenvalue weighted by molar-refractivity contribution is 9.10. The highest BCUT2D eigenvalue weighted by Gasteiger charge is 2.09. The van der Waals surface area contributed by atoms with Crippen molar-refractivity contribution >= 4 is 27.7 Å². The Morgan fingerprint density at radius 3 is 2.61 bits per heavy atom. The number of ether oxygens (including phenoxy) is 1. The third-order valence-electron chi connectivity index (χ3n) is 4.53. The molecular weight excluding hydrogens is 461 g/mol. The lowest BCUT2D eigenvalue weighted by Crippen LogP contribution is -2.13. The molecule has 4 aromatic rings. The summed E-state index contributed by atoms with van der Waals surface area (Å²) in [5.74, 6) is 0.664. The van der Waals surface area contributed by atoms with Crippen LogP contribution in [0, 0.1) is 5.82 Å². The Morgan fingerprint density at radius 2 is 1.81 bits per heavy atom. The maximum Gasteiger partial charge on any atom is 0.256 e. The van der Waals surface area contributed by atoms with E-state index in [1.54, 1.807) is 41.2 Å². The van der Waals surface area contributed by atoms with Crippen molar-refractivity contribution < 1.29 is 13.9 Å². The molecule has 5 nitrogen and oxygen atoms in total. The Bertz CT molecular complexity index is 1190. The van der Waals surface area contributed by atoms with Crippen LogP contribution in [0.25, 0.3) is 0 Å². The molecule has 0 unspecified atom stereocenters. The van der Waals surface area contributed by atoms with Gasteiger partial charge < -0.3 is 10.1 Å². The molecule has 1 amide bonds. The minimum atomic E-state index is -0.276. The molecule has 0 bridgehead atoms. The van der Waals surface area contributed by atoms with Gasteiger partial charge in [0.05, 0.1) is 6.54 Å². The summed E-state index contributed by atoms with van der Waals surface area (Å²) < 4.78 is 21.5. The zero-order valence-corrected chi connectivity index (χ0v) is 18.0. The zero-order valence-electron chi connectivity index (χ0n) is 16.5. The normalized spacial score (nSPS) is 10.6. The van der Waals surface area contributed by atoms with Crippen LogP contribution >= 0.6 is 15.9 Å². The molecule has 7 heteroatoms. The minimum absolute atomic E-state index is 0.253. The summed E-state index contributed by atoms with van der Waals surface area (Å²) in [6.07, 6.45) is 1.77. The van der Waals surface area contributed by atoms with Gasteiger partial charge in [-0.15, -0.1) is 0 Å². The van der Waals surface area contributed by atoms with Crippen molar-refractivity contribution in [3.63, 3.8) is 0 Å². The van der Waals surface area contributed by atoms with Crippen molar-refractivity contribution in [1.29, 1.82) is 0 Å². The minimum Gasteiger partial charge on any atom is -0.489 e. The number of nitrogens with one attached hydrogen (secondary N) is 1. The van der Waals surface area contributed by atoms with Gasteiger partial charge in [-0.05, 0) is 53.6 Å². The van der Waals surface area contributed by atoms with Gasteiger partial charge in [0.15, 0.2) is 5.82 Å². The first kappa shape index (κ1) is 20.8. The molecule has 0 spiro atoms. The second-order valence-electron chi connectivity index (χ2n) is 6.93. The van der Waals surface area contributed by atoms with E-state index in [1.807, 2.05) is 36.4 Å². The van der Waals surface area contributed by atoms with Crippen molar-refractivity contribution in [2.75, 3.05) is 5.32 Å². The number of hydrogen-bond donors (Lipinski definition) is 1. The van der Waals surface area contributed by atoms with E-state index >= 15 is 0 Å². The maximum atomic E-state index is 13.0. The molecule has 3 aromatic carbocycles. The lowest BCUT2D eigenvalue weighted by atomic mass is 10.1. The van der Waals surface area contributed by atoms with Gasteiger partial charge in [0.25, 0.3) is 5.91 Å². The number of benzene rings is 3. The van der Waals surface area contributed by atoms with E-state index < -0.39 is 0 Å². The quantitative estimate of drug-likeness (QED) is 0.371. The Labute approximate surface area is 187 Å². The number of nitrogens with zero attached hydrogens (tertiary/aromatic N) is 2. The Morgan fingerprint density at radius 1 is 1.00 bits per heavy atom. The number of hydrogen-bond acceptors (Lipinski definition) is 3. The third-order valence-corrected chi connectivity index (χ3v) is 5.02. The average molecular weight is 480 g/mol. The first-order valence-corrected chi connectivity index (χ1v) is 10.4. The van der Waals surface area contributed by atoms with Gasteiger partial charge >= 0.3 is 0 Å². The largest absolute Gasteiger partial charge is 0.489 e. The van der Waals surface area contributed by atoms with Gasteiger partial charge in [-0.25, -0.2) is 4.39 Å². The van der Waals surface area contributed by atoms with Crippen molar-refractivity contribution in [3.05, 3.63) is 112 Å². The van der Waals surface area contributed by atoms with Gasteiger partial charge in [0.1, 0.15) is 18.2 Å². The van der Waals surface area contributed by atoms with Crippen LogP contribution in [0.3, 0.4) is 0 Å². The van der Waals surface area contributed by atoms with E-state index in [1.165, 1.54) is 12.1 Å². The molecule has 1 aromatic heterocycles. The van der Waals surface area contributed by atoms with E-state index in [9.17, 15) is 9.18 Å².